The number of carbonyl (C=O) groups excluding carboxylic acids is 2. The number of benzene rings is 3. The molecule has 0 bridgehead atoms. The van der Waals surface area contributed by atoms with Crippen molar-refractivity contribution in [2.75, 3.05) is 35.5 Å². The van der Waals surface area contributed by atoms with E-state index in [0.717, 1.165) is 28.5 Å². The van der Waals surface area contributed by atoms with Crippen LogP contribution < -0.4 is 9.62 Å². The summed E-state index contributed by atoms with van der Waals surface area (Å²) in [6, 6.07) is 15.9. The molecule has 3 aromatic rings. The van der Waals surface area contributed by atoms with E-state index in [1.54, 1.807) is 21.9 Å². The number of nitrogens with one attached hydrogen (secondary N) is 1. The van der Waals surface area contributed by atoms with Gasteiger partial charge < -0.3 is 20.0 Å². The second-order valence-corrected chi connectivity index (χ2v) is 13.6. The number of hydrogen-bond acceptors (Lipinski definition) is 6. The van der Waals surface area contributed by atoms with E-state index < -0.39 is 16.1 Å². The van der Waals surface area contributed by atoms with E-state index in [2.05, 4.69) is 25.5 Å². The zero-order valence-corrected chi connectivity index (χ0v) is 24.5. The van der Waals surface area contributed by atoms with Gasteiger partial charge in [-0.1, -0.05) is 45.0 Å². The van der Waals surface area contributed by atoms with Crippen LogP contribution in [0.15, 0.2) is 54.6 Å². The van der Waals surface area contributed by atoms with Gasteiger partial charge in [0.05, 0.1) is 18.0 Å². The minimum atomic E-state index is -3.62. The lowest BCUT2D eigenvalue weighted by Crippen LogP contribution is -2.37. The van der Waals surface area contributed by atoms with Gasteiger partial charge >= 0.3 is 0 Å². The highest BCUT2D eigenvalue weighted by molar-refractivity contribution is 7.92. The number of phenols is 1. The van der Waals surface area contributed by atoms with Crippen LogP contribution in [0, 0.1) is 0 Å². The van der Waals surface area contributed by atoms with Crippen molar-refractivity contribution >= 4 is 33.2 Å². The molecule has 10 heteroatoms. The standard InChI is InChI=1S/C31H35N3O6S/c1-31(2,3)21-6-9-24(26(16-21)29(37)33-13-12-23(35)18-33)19-5-8-25-20(15-19)11-14-34(30(25)38)22-7-10-28(36)27(17-22)32-41(4,39)40/h5-10,15-17,23,32,35-36H,11-14,18H2,1-4H3/t23-/m1/s1. The molecular formula is C31H35N3O6S. The van der Waals surface area contributed by atoms with Crippen LogP contribution in [0.4, 0.5) is 11.4 Å². The third kappa shape index (κ3) is 5.94. The molecule has 2 aliphatic heterocycles. The molecule has 1 fully saturated rings. The monoisotopic (exact) mass is 577 g/mol. The summed E-state index contributed by atoms with van der Waals surface area (Å²) in [4.78, 5) is 30.4. The Hall–Kier alpha value is -3.89. The van der Waals surface area contributed by atoms with Crippen LogP contribution >= 0.6 is 0 Å². The number of aromatic hydroxyl groups is 1. The number of aliphatic hydroxyl groups excluding tert-OH is 1. The molecule has 9 nitrogen and oxygen atoms in total. The maximum Gasteiger partial charge on any atom is 0.258 e. The molecule has 0 aromatic heterocycles. The molecule has 1 atom stereocenters. The van der Waals surface area contributed by atoms with Gasteiger partial charge in [0.1, 0.15) is 5.75 Å². The van der Waals surface area contributed by atoms with Crippen molar-refractivity contribution < 1.29 is 28.2 Å². The van der Waals surface area contributed by atoms with Crippen LogP contribution in [0.1, 0.15) is 59.0 Å². The maximum atomic E-state index is 13.6. The van der Waals surface area contributed by atoms with E-state index in [1.807, 2.05) is 30.3 Å². The van der Waals surface area contributed by atoms with Crippen LogP contribution in [0.25, 0.3) is 11.1 Å². The van der Waals surface area contributed by atoms with E-state index in [0.29, 0.717) is 49.3 Å². The first-order chi connectivity index (χ1) is 19.2. The van der Waals surface area contributed by atoms with Crippen LogP contribution in [0.3, 0.4) is 0 Å². The number of nitrogens with zero attached hydrogens (tertiary/aromatic N) is 2. The number of phenolic OH excluding ortho intramolecular Hbond substituents is 1. The van der Waals surface area contributed by atoms with Crippen LogP contribution in [-0.4, -0.2) is 67.3 Å². The Bertz CT molecular complexity index is 1640. The van der Waals surface area contributed by atoms with Crippen LogP contribution in [0.5, 0.6) is 5.75 Å². The number of rotatable bonds is 5. The largest absolute Gasteiger partial charge is 0.506 e. The molecule has 0 aliphatic carbocycles. The smallest absolute Gasteiger partial charge is 0.258 e. The van der Waals surface area contributed by atoms with Crippen LogP contribution in [-0.2, 0) is 21.9 Å². The van der Waals surface area contributed by atoms with E-state index in [9.17, 15) is 28.2 Å². The molecule has 3 aromatic carbocycles. The van der Waals surface area contributed by atoms with Gasteiger partial charge in [0.25, 0.3) is 11.8 Å². The lowest BCUT2D eigenvalue weighted by molar-refractivity contribution is 0.0765. The summed E-state index contributed by atoms with van der Waals surface area (Å²) in [5.41, 5.74) is 4.90. The number of hydrogen-bond donors (Lipinski definition) is 3. The van der Waals surface area contributed by atoms with Gasteiger partial charge in [0.2, 0.25) is 10.0 Å². The molecule has 216 valence electrons. The highest BCUT2D eigenvalue weighted by Crippen LogP contribution is 2.35. The average molecular weight is 578 g/mol. The predicted molar refractivity (Wildman–Crippen MR) is 159 cm³/mol. The molecule has 0 saturated carbocycles. The van der Waals surface area contributed by atoms with Crippen molar-refractivity contribution in [1.29, 1.82) is 0 Å². The van der Waals surface area contributed by atoms with Crippen molar-refractivity contribution in [3.05, 3.63) is 76.9 Å². The number of likely N-dealkylation sites (tertiary alicyclic amines) is 1. The topological polar surface area (TPSA) is 127 Å². The Morgan fingerprint density at radius 1 is 1.00 bits per heavy atom. The van der Waals surface area contributed by atoms with Crippen molar-refractivity contribution in [3.63, 3.8) is 0 Å². The van der Waals surface area contributed by atoms with Gasteiger partial charge in [-0.05, 0) is 70.8 Å². The third-order valence-electron chi connectivity index (χ3n) is 7.65. The second kappa shape index (κ2) is 10.5. The quantitative estimate of drug-likeness (QED) is 0.391. The average Bonchev–Trinajstić information content (AvgIpc) is 3.34. The van der Waals surface area contributed by atoms with Gasteiger partial charge in [0, 0.05) is 36.4 Å². The van der Waals surface area contributed by atoms with Gasteiger partial charge in [0.15, 0.2) is 0 Å². The van der Waals surface area contributed by atoms with E-state index in [-0.39, 0.29) is 28.7 Å². The van der Waals surface area contributed by atoms with Crippen molar-refractivity contribution in [2.45, 2.75) is 45.1 Å². The molecule has 2 heterocycles. The van der Waals surface area contributed by atoms with E-state index in [1.165, 1.54) is 12.1 Å². The molecule has 2 amide bonds. The number of carbonyl (C=O) groups is 2. The van der Waals surface area contributed by atoms with Crippen molar-refractivity contribution in [1.82, 2.24) is 4.90 Å². The Balaban J connectivity index is 1.49. The zero-order valence-electron chi connectivity index (χ0n) is 23.6. The molecule has 41 heavy (non-hydrogen) atoms. The fraction of sp³-hybridized carbons (Fsp3) is 0.355. The van der Waals surface area contributed by atoms with Gasteiger partial charge in [-0.25, -0.2) is 8.42 Å². The molecule has 1 saturated heterocycles. The first kappa shape index (κ1) is 28.6. The Labute approximate surface area is 240 Å². The lowest BCUT2D eigenvalue weighted by atomic mass is 9.83. The second-order valence-electron chi connectivity index (χ2n) is 11.9. The first-order valence-electron chi connectivity index (χ1n) is 13.6. The summed E-state index contributed by atoms with van der Waals surface area (Å²) in [5.74, 6) is -0.590. The van der Waals surface area contributed by atoms with E-state index in [4.69, 9.17) is 0 Å². The fourth-order valence-electron chi connectivity index (χ4n) is 5.41. The van der Waals surface area contributed by atoms with Gasteiger partial charge in [-0.2, -0.15) is 0 Å². The summed E-state index contributed by atoms with van der Waals surface area (Å²) in [7, 11) is -3.62. The molecule has 0 unspecified atom stereocenters. The molecule has 0 spiro atoms. The summed E-state index contributed by atoms with van der Waals surface area (Å²) in [5, 5.41) is 20.1. The van der Waals surface area contributed by atoms with Crippen molar-refractivity contribution in [3.8, 4) is 16.9 Å². The summed E-state index contributed by atoms with van der Waals surface area (Å²) < 4.78 is 25.7. The number of amides is 2. The lowest BCUT2D eigenvalue weighted by Gasteiger charge is -2.29. The van der Waals surface area contributed by atoms with Gasteiger partial charge in [-0.15, -0.1) is 0 Å². The summed E-state index contributed by atoms with van der Waals surface area (Å²) in [6.07, 6.45) is 1.58. The predicted octanol–water partition coefficient (Wildman–Crippen LogP) is 4.14. The highest BCUT2D eigenvalue weighted by Gasteiger charge is 2.30. The molecule has 0 radical (unpaired) electrons. The van der Waals surface area contributed by atoms with E-state index >= 15 is 0 Å². The number of fused-ring (bicyclic) bond motifs is 1. The normalized spacial score (nSPS) is 17.5. The number of aliphatic hydroxyl groups is 1. The number of β-amino-alcohol motifs (C(OH)–C–C–N with tert-alkyl or cyclic N) is 1. The summed E-state index contributed by atoms with van der Waals surface area (Å²) in [6.45, 7) is 7.47. The minimum Gasteiger partial charge on any atom is -0.506 e. The molecular weight excluding hydrogens is 542 g/mol. The number of sulfonamides is 1. The molecule has 3 N–H and O–H groups in total. The molecule has 2 aliphatic rings. The van der Waals surface area contributed by atoms with Crippen LogP contribution in [0.2, 0.25) is 0 Å². The first-order valence-corrected chi connectivity index (χ1v) is 15.5. The summed E-state index contributed by atoms with van der Waals surface area (Å²) >= 11 is 0. The third-order valence-corrected chi connectivity index (χ3v) is 8.24. The molecule has 5 rings (SSSR count). The Morgan fingerprint density at radius 2 is 1.73 bits per heavy atom. The zero-order chi connectivity index (χ0) is 29.7. The SMILES string of the molecule is CC(C)(C)c1ccc(-c2ccc3c(c2)CCN(c2ccc(O)c(NS(C)(=O)=O)c2)C3=O)c(C(=O)N2CC[C@@H](O)C2)c1. The maximum absolute atomic E-state index is 13.6. The van der Waals surface area contributed by atoms with Crippen molar-refractivity contribution in [2.24, 2.45) is 0 Å². The Kier molecular flexibility index (Phi) is 7.33. The number of anilines is 2. The van der Waals surface area contributed by atoms with Gasteiger partial charge in [-0.3, -0.25) is 14.3 Å². The fourth-order valence-corrected chi connectivity index (χ4v) is 5.97. The minimum absolute atomic E-state index is 0.000339. The Morgan fingerprint density at radius 3 is 2.39 bits per heavy atom. The highest BCUT2D eigenvalue weighted by atomic mass is 32.2.